The van der Waals surface area contributed by atoms with Crippen molar-refractivity contribution in [1.29, 1.82) is 0 Å². The van der Waals surface area contributed by atoms with Gasteiger partial charge < -0.3 is 9.52 Å². The summed E-state index contributed by atoms with van der Waals surface area (Å²) in [5.41, 5.74) is 0.903. The van der Waals surface area contributed by atoms with E-state index in [2.05, 4.69) is 6.58 Å². The van der Waals surface area contributed by atoms with Crippen LogP contribution in [0.2, 0.25) is 0 Å². The van der Waals surface area contributed by atoms with Crippen LogP contribution in [-0.4, -0.2) is 11.2 Å². The van der Waals surface area contributed by atoms with E-state index in [1.807, 2.05) is 30.3 Å². The van der Waals surface area contributed by atoms with E-state index in [-0.39, 0.29) is 0 Å². The van der Waals surface area contributed by atoms with Crippen LogP contribution in [0.5, 0.6) is 0 Å². The van der Waals surface area contributed by atoms with E-state index in [0.29, 0.717) is 6.42 Å². The Hall–Kier alpha value is -1.54. The molecule has 1 aromatic carbocycles. The maximum Gasteiger partial charge on any atom is 0.134 e. The smallest absolute Gasteiger partial charge is 0.134 e. The van der Waals surface area contributed by atoms with Crippen LogP contribution in [0, 0.1) is 0 Å². The molecule has 0 spiro atoms. The van der Waals surface area contributed by atoms with E-state index in [1.54, 1.807) is 6.08 Å². The fourth-order valence-corrected chi connectivity index (χ4v) is 1.57. The van der Waals surface area contributed by atoms with Gasteiger partial charge in [0, 0.05) is 11.8 Å². The number of para-hydroxylation sites is 1. The van der Waals surface area contributed by atoms with Crippen LogP contribution >= 0.6 is 0 Å². The first-order valence-corrected chi connectivity index (χ1v) is 5.07. The van der Waals surface area contributed by atoms with Gasteiger partial charge in [-0.1, -0.05) is 24.3 Å². The van der Waals surface area contributed by atoms with Gasteiger partial charge in [0.25, 0.3) is 0 Å². The summed E-state index contributed by atoms with van der Waals surface area (Å²) >= 11 is 0. The summed E-state index contributed by atoms with van der Waals surface area (Å²) in [6, 6.07) is 9.93. The van der Waals surface area contributed by atoms with E-state index < -0.39 is 6.10 Å². The maximum atomic E-state index is 9.33. The van der Waals surface area contributed by atoms with Gasteiger partial charge >= 0.3 is 0 Å². The Kier molecular flexibility index (Phi) is 2.88. The Balaban J connectivity index is 2.12. The van der Waals surface area contributed by atoms with Crippen LogP contribution in [0.4, 0.5) is 0 Å². The quantitative estimate of drug-likeness (QED) is 0.773. The molecule has 0 radical (unpaired) electrons. The average molecular weight is 202 g/mol. The molecule has 2 aromatic rings. The average Bonchev–Trinajstić information content (AvgIpc) is 2.68. The summed E-state index contributed by atoms with van der Waals surface area (Å²) in [5, 5.41) is 10.4. The second-order valence-corrected chi connectivity index (χ2v) is 3.59. The summed E-state index contributed by atoms with van der Waals surface area (Å²) < 4.78 is 5.62. The highest BCUT2D eigenvalue weighted by atomic mass is 16.3. The lowest BCUT2D eigenvalue weighted by atomic mass is 10.1. The van der Waals surface area contributed by atoms with Crippen LogP contribution in [-0.2, 0) is 6.42 Å². The van der Waals surface area contributed by atoms with Gasteiger partial charge in [-0.3, -0.25) is 0 Å². The Morgan fingerprint density at radius 1 is 1.40 bits per heavy atom. The Morgan fingerprint density at radius 2 is 2.20 bits per heavy atom. The lowest BCUT2D eigenvalue weighted by Crippen LogP contribution is -2.02. The standard InChI is InChI=1S/C13H14O2/c1-2-11(14)7-8-12-9-10-5-3-4-6-13(10)15-12/h2-6,9,11,14H,1,7-8H2/t11-/m1/s1. The van der Waals surface area contributed by atoms with E-state index >= 15 is 0 Å². The van der Waals surface area contributed by atoms with Gasteiger partial charge in [-0.2, -0.15) is 0 Å². The summed E-state index contributed by atoms with van der Waals surface area (Å²) in [7, 11) is 0. The number of aliphatic hydroxyl groups excluding tert-OH is 1. The van der Waals surface area contributed by atoms with Crippen molar-refractivity contribution in [3.8, 4) is 0 Å². The molecule has 0 aliphatic rings. The molecule has 78 valence electrons. The Labute approximate surface area is 88.8 Å². The molecule has 0 bridgehead atoms. The van der Waals surface area contributed by atoms with Crippen molar-refractivity contribution in [2.24, 2.45) is 0 Å². The third kappa shape index (κ3) is 2.28. The molecule has 0 saturated carbocycles. The van der Waals surface area contributed by atoms with Gasteiger partial charge in [-0.15, -0.1) is 6.58 Å². The van der Waals surface area contributed by atoms with Crippen LogP contribution in [0.3, 0.4) is 0 Å². The molecular formula is C13H14O2. The maximum absolute atomic E-state index is 9.33. The Morgan fingerprint density at radius 3 is 2.93 bits per heavy atom. The molecule has 0 aliphatic carbocycles. The van der Waals surface area contributed by atoms with Crippen LogP contribution in [0.1, 0.15) is 12.2 Å². The molecule has 2 nitrogen and oxygen atoms in total. The molecule has 15 heavy (non-hydrogen) atoms. The van der Waals surface area contributed by atoms with Gasteiger partial charge in [0.15, 0.2) is 0 Å². The minimum absolute atomic E-state index is 0.446. The van der Waals surface area contributed by atoms with E-state index in [4.69, 9.17) is 4.42 Å². The Bertz CT molecular complexity index is 423. The molecule has 1 atom stereocenters. The summed E-state index contributed by atoms with van der Waals surface area (Å²) in [4.78, 5) is 0. The molecule has 0 saturated heterocycles. The molecule has 1 N–H and O–H groups in total. The zero-order valence-corrected chi connectivity index (χ0v) is 8.52. The van der Waals surface area contributed by atoms with Gasteiger partial charge in [0.2, 0.25) is 0 Å². The number of benzene rings is 1. The highest BCUT2D eigenvalue weighted by Gasteiger charge is 2.05. The van der Waals surface area contributed by atoms with Crippen molar-refractivity contribution >= 4 is 11.0 Å². The summed E-state index contributed by atoms with van der Waals surface area (Å²) in [5.74, 6) is 0.914. The molecule has 0 aliphatic heterocycles. The lowest BCUT2D eigenvalue weighted by molar-refractivity contribution is 0.211. The highest BCUT2D eigenvalue weighted by Crippen LogP contribution is 2.20. The molecule has 0 unspecified atom stereocenters. The molecule has 0 amide bonds. The minimum atomic E-state index is -0.446. The highest BCUT2D eigenvalue weighted by molar-refractivity contribution is 5.77. The van der Waals surface area contributed by atoms with Crippen LogP contribution in [0.15, 0.2) is 47.4 Å². The summed E-state index contributed by atoms with van der Waals surface area (Å²) in [6.45, 7) is 3.54. The fourth-order valence-electron chi connectivity index (χ4n) is 1.57. The van der Waals surface area contributed by atoms with Crippen molar-refractivity contribution in [1.82, 2.24) is 0 Å². The number of aryl methyl sites for hydroxylation is 1. The third-order valence-electron chi connectivity index (χ3n) is 2.44. The first-order chi connectivity index (χ1) is 7.29. The SMILES string of the molecule is C=C[C@@H](O)CCc1cc2ccccc2o1. The summed E-state index contributed by atoms with van der Waals surface area (Å²) in [6.07, 6.45) is 2.49. The van der Waals surface area contributed by atoms with Gasteiger partial charge in [0.1, 0.15) is 11.3 Å². The van der Waals surface area contributed by atoms with E-state index in [1.165, 1.54) is 0 Å². The number of rotatable bonds is 4. The van der Waals surface area contributed by atoms with Gasteiger partial charge in [-0.25, -0.2) is 0 Å². The lowest BCUT2D eigenvalue weighted by Gasteiger charge is -2.01. The fraction of sp³-hybridized carbons (Fsp3) is 0.231. The predicted octanol–water partition coefficient (Wildman–Crippen LogP) is 2.91. The second kappa shape index (κ2) is 4.32. The van der Waals surface area contributed by atoms with Crippen molar-refractivity contribution < 1.29 is 9.52 Å². The first kappa shape index (κ1) is 9.99. The van der Waals surface area contributed by atoms with Gasteiger partial charge in [0.05, 0.1) is 6.10 Å². The normalized spacial score (nSPS) is 12.9. The van der Waals surface area contributed by atoms with Crippen LogP contribution in [0.25, 0.3) is 11.0 Å². The first-order valence-electron chi connectivity index (χ1n) is 5.07. The molecule has 2 heteroatoms. The minimum Gasteiger partial charge on any atom is -0.461 e. The van der Waals surface area contributed by atoms with Crippen LogP contribution < -0.4 is 0 Å². The van der Waals surface area contributed by atoms with Crippen molar-refractivity contribution in [3.05, 3.63) is 48.7 Å². The zero-order valence-electron chi connectivity index (χ0n) is 8.52. The number of fused-ring (bicyclic) bond motifs is 1. The molecule has 1 heterocycles. The molecular weight excluding hydrogens is 188 g/mol. The number of hydrogen-bond donors (Lipinski definition) is 1. The van der Waals surface area contributed by atoms with Crippen molar-refractivity contribution in [2.45, 2.75) is 18.9 Å². The van der Waals surface area contributed by atoms with Crippen molar-refractivity contribution in [3.63, 3.8) is 0 Å². The number of hydrogen-bond acceptors (Lipinski definition) is 2. The van der Waals surface area contributed by atoms with E-state index in [0.717, 1.165) is 23.2 Å². The number of furan rings is 1. The van der Waals surface area contributed by atoms with E-state index in [9.17, 15) is 5.11 Å². The zero-order chi connectivity index (χ0) is 10.7. The molecule has 2 rings (SSSR count). The monoisotopic (exact) mass is 202 g/mol. The van der Waals surface area contributed by atoms with Gasteiger partial charge in [-0.05, 0) is 18.6 Å². The second-order valence-electron chi connectivity index (χ2n) is 3.59. The topological polar surface area (TPSA) is 33.4 Å². The third-order valence-corrected chi connectivity index (χ3v) is 2.44. The predicted molar refractivity (Wildman–Crippen MR) is 60.7 cm³/mol. The van der Waals surface area contributed by atoms with Crippen molar-refractivity contribution in [2.75, 3.05) is 0 Å². The largest absolute Gasteiger partial charge is 0.461 e. The molecule has 0 fully saturated rings. The molecule has 1 aromatic heterocycles. The number of aliphatic hydroxyl groups is 1.